The lowest BCUT2D eigenvalue weighted by Gasteiger charge is -2.22. The predicted molar refractivity (Wildman–Crippen MR) is 77.7 cm³/mol. The highest BCUT2D eigenvalue weighted by Crippen LogP contribution is 2.16. The molecule has 2 rings (SSSR count). The van der Waals surface area contributed by atoms with Crippen LogP contribution in [0.1, 0.15) is 29.7 Å². The Hall–Kier alpha value is -2.31. The van der Waals surface area contributed by atoms with Crippen LogP contribution in [0.3, 0.4) is 0 Å². The zero-order valence-corrected chi connectivity index (χ0v) is 12.2. The SMILES string of the molecule is Cc1cc(C)c(CNC(=O)N2CCC[C@H]2C(N)=O)c(=O)[nH]1. The molecular formula is C14H20N4O3. The van der Waals surface area contributed by atoms with Gasteiger partial charge in [0.15, 0.2) is 0 Å². The molecular weight excluding hydrogens is 272 g/mol. The summed E-state index contributed by atoms with van der Waals surface area (Å²) < 4.78 is 0. The summed E-state index contributed by atoms with van der Waals surface area (Å²) in [5.74, 6) is -0.494. The van der Waals surface area contributed by atoms with Crippen LogP contribution < -0.4 is 16.6 Å². The molecule has 4 N–H and O–H groups in total. The fourth-order valence-electron chi connectivity index (χ4n) is 2.67. The van der Waals surface area contributed by atoms with Gasteiger partial charge >= 0.3 is 6.03 Å². The number of nitrogens with zero attached hydrogens (tertiary/aromatic N) is 1. The third-order valence-electron chi connectivity index (χ3n) is 3.75. The van der Waals surface area contributed by atoms with Gasteiger partial charge in [-0.2, -0.15) is 0 Å². The highest BCUT2D eigenvalue weighted by Gasteiger charge is 2.32. The zero-order chi connectivity index (χ0) is 15.6. The van der Waals surface area contributed by atoms with Crippen LogP contribution in [-0.4, -0.2) is 34.4 Å². The number of primary amides is 1. The molecule has 21 heavy (non-hydrogen) atoms. The van der Waals surface area contributed by atoms with Crippen LogP contribution >= 0.6 is 0 Å². The third-order valence-corrected chi connectivity index (χ3v) is 3.75. The summed E-state index contributed by atoms with van der Waals surface area (Å²) in [6.07, 6.45) is 1.35. The number of aryl methyl sites for hydroxylation is 2. The Labute approximate surface area is 122 Å². The van der Waals surface area contributed by atoms with Crippen molar-refractivity contribution in [3.8, 4) is 0 Å². The van der Waals surface area contributed by atoms with E-state index >= 15 is 0 Å². The first kappa shape index (κ1) is 15.1. The Morgan fingerprint density at radius 1 is 1.48 bits per heavy atom. The van der Waals surface area contributed by atoms with Gasteiger partial charge in [-0.25, -0.2) is 4.79 Å². The smallest absolute Gasteiger partial charge is 0.318 e. The maximum Gasteiger partial charge on any atom is 0.318 e. The van der Waals surface area contributed by atoms with Gasteiger partial charge in [-0.15, -0.1) is 0 Å². The molecule has 0 aliphatic carbocycles. The molecule has 0 aromatic carbocycles. The first-order chi connectivity index (χ1) is 9.90. The summed E-state index contributed by atoms with van der Waals surface area (Å²) >= 11 is 0. The van der Waals surface area contributed by atoms with Gasteiger partial charge in [0.1, 0.15) is 6.04 Å². The molecule has 114 valence electrons. The van der Waals surface area contributed by atoms with Crippen molar-refractivity contribution in [3.05, 3.63) is 33.2 Å². The van der Waals surface area contributed by atoms with Crippen molar-refractivity contribution < 1.29 is 9.59 Å². The molecule has 1 aromatic heterocycles. The molecule has 0 radical (unpaired) electrons. The molecule has 0 unspecified atom stereocenters. The Morgan fingerprint density at radius 2 is 2.19 bits per heavy atom. The van der Waals surface area contributed by atoms with Gasteiger partial charge in [-0.05, 0) is 38.3 Å². The molecule has 3 amide bonds. The van der Waals surface area contributed by atoms with E-state index in [2.05, 4.69) is 10.3 Å². The molecule has 1 aromatic rings. The largest absolute Gasteiger partial charge is 0.368 e. The average molecular weight is 292 g/mol. The number of carbonyl (C=O) groups excluding carboxylic acids is 2. The molecule has 2 heterocycles. The summed E-state index contributed by atoms with van der Waals surface area (Å²) in [6.45, 7) is 4.26. The van der Waals surface area contributed by atoms with Crippen molar-refractivity contribution in [2.24, 2.45) is 5.73 Å². The number of nitrogens with one attached hydrogen (secondary N) is 2. The minimum Gasteiger partial charge on any atom is -0.368 e. The molecule has 1 aliphatic heterocycles. The average Bonchev–Trinajstić information content (AvgIpc) is 2.86. The van der Waals surface area contributed by atoms with E-state index in [4.69, 9.17) is 5.73 Å². The molecule has 0 saturated carbocycles. The number of likely N-dealkylation sites (tertiary alicyclic amines) is 1. The highest BCUT2D eigenvalue weighted by molar-refractivity contribution is 5.86. The Balaban J connectivity index is 2.05. The van der Waals surface area contributed by atoms with E-state index < -0.39 is 11.9 Å². The van der Waals surface area contributed by atoms with Crippen LogP contribution in [0.5, 0.6) is 0 Å². The first-order valence-electron chi connectivity index (χ1n) is 6.93. The summed E-state index contributed by atoms with van der Waals surface area (Å²) in [5.41, 5.74) is 7.19. The van der Waals surface area contributed by atoms with Crippen molar-refractivity contribution in [1.29, 1.82) is 0 Å². The topological polar surface area (TPSA) is 108 Å². The Bertz CT molecular complexity index is 623. The van der Waals surface area contributed by atoms with Gasteiger partial charge in [0, 0.05) is 17.8 Å². The standard InChI is InChI=1S/C14H20N4O3/c1-8-6-9(2)17-13(20)10(8)7-16-14(21)18-5-3-4-11(18)12(15)19/h6,11H,3-5,7H2,1-2H3,(H2,15,19)(H,16,21)(H,17,20)/t11-/m0/s1. The summed E-state index contributed by atoms with van der Waals surface area (Å²) in [7, 11) is 0. The summed E-state index contributed by atoms with van der Waals surface area (Å²) in [4.78, 5) is 39.4. The number of nitrogens with two attached hydrogens (primary N) is 1. The number of carbonyl (C=O) groups is 2. The second-order valence-electron chi connectivity index (χ2n) is 5.36. The van der Waals surface area contributed by atoms with Gasteiger partial charge in [-0.3, -0.25) is 9.59 Å². The van der Waals surface area contributed by atoms with Crippen molar-refractivity contribution >= 4 is 11.9 Å². The molecule has 7 heteroatoms. The third kappa shape index (κ3) is 3.24. The van der Waals surface area contributed by atoms with Gasteiger partial charge in [0.2, 0.25) is 5.91 Å². The van der Waals surface area contributed by atoms with Crippen molar-refractivity contribution in [2.75, 3.05) is 6.54 Å². The van der Waals surface area contributed by atoms with Crippen molar-refractivity contribution in [1.82, 2.24) is 15.2 Å². The van der Waals surface area contributed by atoms with Crippen molar-refractivity contribution in [3.63, 3.8) is 0 Å². The molecule has 0 spiro atoms. The lowest BCUT2D eigenvalue weighted by Crippen LogP contribution is -2.48. The van der Waals surface area contributed by atoms with E-state index in [0.29, 0.717) is 18.5 Å². The van der Waals surface area contributed by atoms with Crippen LogP contribution in [0, 0.1) is 13.8 Å². The fourth-order valence-corrected chi connectivity index (χ4v) is 2.67. The first-order valence-corrected chi connectivity index (χ1v) is 6.93. The van der Waals surface area contributed by atoms with Crippen LogP contribution in [0.4, 0.5) is 4.79 Å². The number of H-pyrrole nitrogens is 1. The van der Waals surface area contributed by atoms with Gasteiger partial charge in [0.05, 0.1) is 6.54 Å². The molecule has 1 fully saturated rings. The van der Waals surface area contributed by atoms with E-state index in [1.165, 1.54) is 4.90 Å². The number of amides is 3. The second kappa shape index (κ2) is 5.99. The van der Waals surface area contributed by atoms with Crippen LogP contribution in [0.2, 0.25) is 0 Å². The molecule has 1 atom stereocenters. The zero-order valence-electron chi connectivity index (χ0n) is 12.2. The van der Waals surface area contributed by atoms with Gasteiger partial charge in [-0.1, -0.05) is 0 Å². The molecule has 1 aliphatic rings. The number of pyridine rings is 1. The van der Waals surface area contributed by atoms with E-state index in [0.717, 1.165) is 17.7 Å². The summed E-state index contributed by atoms with van der Waals surface area (Å²) in [6, 6.07) is 0.934. The number of aromatic nitrogens is 1. The van der Waals surface area contributed by atoms with Crippen LogP contribution in [-0.2, 0) is 11.3 Å². The van der Waals surface area contributed by atoms with E-state index in [9.17, 15) is 14.4 Å². The van der Waals surface area contributed by atoms with Crippen LogP contribution in [0.15, 0.2) is 10.9 Å². The molecule has 1 saturated heterocycles. The minimum absolute atomic E-state index is 0.127. The highest BCUT2D eigenvalue weighted by atomic mass is 16.2. The Kier molecular flexibility index (Phi) is 4.30. The van der Waals surface area contributed by atoms with E-state index in [1.807, 2.05) is 13.0 Å². The normalized spacial score (nSPS) is 17.8. The monoisotopic (exact) mass is 292 g/mol. The summed E-state index contributed by atoms with van der Waals surface area (Å²) in [5, 5.41) is 2.69. The van der Waals surface area contributed by atoms with Crippen molar-refractivity contribution in [2.45, 2.75) is 39.3 Å². The number of rotatable bonds is 3. The van der Waals surface area contributed by atoms with E-state index in [1.54, 1.807) is 6.92 Å². The fraction of sp³-hybridized carbons (Fsp3) is 0.500. The number of aromatic amines is 1. The molecule has 0 bridgehead atoms. The lowest BCUT2D eigenvalue weighted by atomic mass is 10.1. The van der Waals surface area contributed by atoms with Crippen LogP contribution in [0.25, 0.3) is 0 Å². The van der Waals surface area contributed by atoms with Gasteiger partial charge in [0.25, 0.3) is 5.56 Å². The van der Waals surface area contributed by atoms with Gasteiger partial charge < -0.3 is 20.9 Å². The second-order valence-corrected chi connectivity index (χ2v) is 5.36. The van der Waals surface area contributed by atoms with E-state index in [-0.39, 0.29) is 18.1 Å². The quantitative estimate of drug-likeness (QED) is 0.738. The predicted octanol–water partition coefficient (Wildman–Crippen LogP) is 0.151. The maximum absolute atomic E-state index is 12.1. The number of hydrogen-bond acceptors (Lipinski definition) is 3. The Morgan fingerprint density at radius 3 is 2.81 bits per heavy atom. The maximum atomic E-state index is 12.1. The minimum atomic E-state index is -0.553. The number of hydrogen-bond donors (Lipinski definition) is 3. The lowest BCUT2D eigenvalue weighted by molar-refractivity contribution is -0.121. The molecule has 7 nitrogen and oxygen atoms in total. The number of urea groups is 1.